The lowest BCUT2D eigenvalue weighted by atomic mass is 10.00. The number of aromatic nitrogens is 3. The van der Waals surface area contributed by atoms with Crippen LogP contribution >= 0.6 is 0 Å². The summed E-state index contributed by atoms with van der Waals surface area (Å²) < 4.78 is 11.3. The second-order valence-electron chi connectivity index (χ2n) is 7.09. The molecule has 1 aromatic carbocycles. The fraction of sp³-hybridized carbons (Fsp3) is 0.526. The highest BCUT2D eigenvalue weighted by Gasteiger charge is 2.34. The van der Waals surface area contributed by atoms with Gasteiger partial charge in [-0.2, -0.15) is 5.10 Å². The molecule has 7 heteroatoms. The number of carbonyl (C=O) groups is 1. The lowest BCUT2D eigenvalue weighted by molar-refractivity contribution is 0.0550. The number of nitrogens with zero attached hydrogens (tertiary/aromatic N) is 3. The van der Waals surface area contributed by atoms with Gasteiger partial charge in [-0.25, -0.2) is 4.98 Å². The highest BCUT2D eigenvalue weighted by Crippen LogP contribution is 2.44. The number of rotatable bonds is 6. The Kier molecular flexibility index (Phi) is 4.63. The summed E-state index contributed by atoms with van der Waals surface area (Å²) in [4.78, 5) is 18.9. The summed E-state index contributed by atoms with van der Waals surface area (Å²) in [6.45, 7) is 1.20. The Morgan fingerprint density at radius 3 is 2.92 bits per heavy atom. The maximum absolute atomic E-state index is 12.9. The van der Waals surface area contributed by atoms with Crippen LogP contribution in [0.1, 0.15) is 52.8 Å². The third kappa shape index (κ3) is 3.31. The van der Waals surface area contributed by atoms with Crippen molar-refractivity contribution in [3.8, 4) is 5.75 Å². The van der Waals surface area contributed by atoms with E-state index >= 15 is 0 Å². The molecule has 1 aliphatic heterocycles. The van der Waals surface area contributed by atoms with Crippen molar-refractivity contribution in [3.63, 3.8) is 0 Å². The molecule has 0 bridgehead atoms. The van der Waals surface area contributed by atoms with E-state index in [9.17, 15) is 4.79 Å². The summed E-state index contributed by atoms with van der Waals surface area (Å²) >= 11 is 0. The predicted octanol–water partition coefficient (Wildman–Crippen LogP) is 2.34. The van der Waals surface area contributed by atoms with Gasteiger partial charge in [0.1, 0.15) is 17.9 Å². The molecule has 1 saturated heterocycles. The Morgan fingerprint density at radius 1 is 1.38 bits per heavy atom. The maximum atomic E-state index is 12.9. The van der Waals surface area contributed by atoms with Crippen LogP contribution in [0.2, 0.25) is 0 Å². The molecule has 2 aromatic rings. The molecule has 1 aromatic heterocycles. The zero-order chi connectivity index (χ0) is 18.1. The summed E-state index contributed by atoms with van der Waals surface area (Å²) in [5.74, 6) is 2.37. The van der Waals surface area contributed by atoms with Gasteiger partial charge in [0.2, 0.25) is 0 Å². The van der Waals surface area contributed by atoms with E-state index in [0.29, 0.717) is 24.6 Å². The van der Waals surface area contributed by atoms with Crippen LogP contribution in [-0.2, 0) is 4.74 Å². The molecule has 0 radical (unpaired) electrons. The van der Waals surface area contributed by atoms with Crippen molar-refractivity contribution in [2.45, 2.75) is 37.2 Å². The first-order chi connectivity index (χ1) is 12.7. The highest BCUT2D eigenvalue weighted by atomic mass is 16.5. The monoisotopic (exact) mass is 356 g/mol. The van der Waals surface area contributed by atoms with E-state index in [-0.39, 0.29) is 17.9 Å². The van der Waals surface area contributed by atoms with Crippen molar-refractivity contribution in [2.24, 2.45) is 0 Å². The van der Waals surface area contributed by atoms with Gasteiger partial charge in [0.25, 0.3) is 5.91 Å². The van der Waals surface area contributed by atoms with Gasteiger partial charge in [-0.15, -0.1) is 0 Å². The predicted molar refractivity (Wildman–Crippen MR) is 95.4 cm³/mol. The number of ether oxygens (including phenoxy) is 2. The maximum Gasteiger partial charge on any atom is 0.253 e. The van der Waals surface area contributed by atoms with Crippen LogP contribution < -0.4 is 4.74 Å². The Bertz CT molecular complexity index is 773. The molecule has 1 amide bonds. The van der Waals surface area contributed by atoms with Crippen LogP contribution in [0.4, 0.5) is 0 Å². The summed E-state index contributed by atoms with van der Waals surface area (Å²) in [6.07, 6.45) is 4.65. The van der Waals surface area contributed by atoms with E-state index in [1.165, 1.54) is 19.2 Å². The molecular formula is C19H24N4O3. The molecule has 1 saturated carbocycles. The van der Waals surface area contributed by atoms with Crippen LogP contribution in [0, 0.1) is 0 Å². The summed E-state index contributed by atoms with van der Waals surface area (Å²) in [5, 5.41) is 6.85. The molecule has 26 heavy (non-hydrogen) atoms. The number of carbonyl (C=O) groups excluding carboxylic acids is 1. The van der Waals surface area contributed by atoms with E-state index in [1.54, 1.807) is 12.0 Å². The molecule has 2 fully saturated rings. The lowest BCUT2D eigenvalue weighted by Crippen LogP contribution is -2.36. The van der Waals surface area contributed by atoms with E-state index < -0.39 is 0 Å². The first-order valence-electron chi connectivity index (χ1n) is 9.07. The van der Waals surface area contributed by atoms with Crippen molar-refractivity contribution in [2.75, 3.05) is 27.3 Å². The van der Waals surface area contributed by atoms with Crippen molar-refractivity contribution < 1.29 is 14.3 Å². The number of H-pyrrole nitrogens is 1. The number of hydrogen-bond acceptors (Lipinski definition) is 5. The third-order valence-electron chi connectivity index (χ3n) is 5.29. The SMILES string of the molecule is COc1ccc(C(=O)N(C)C[C@H]2OCC[C@H]2c2ncn[nH]2)cc1C1CC1. The quantitative estimate of drug-likeness (QED) is 0.859. The minimum absolute atomic E-state index is 0.00127. The molecule has 0 spiro atoms. The molecule has 4 rings (SSSR count). The smallest absolute Gasteiger partial charge is 0.253 e. The Labute approximate surface area is 152 Å². The Hall–Kier alpha value is -2.41. The largest absolute Gasteiger partial charge is 0.496 e. The molecule has 1 N–H and O–H groups in total. The van der Waals surface area contributed by atoms with Gasteiger partial charge in [0.05, 0.1) is 13.2 Å². The number of nitrogens with one attached hydrogen (secondary N) is 1. The van der Waals surface area contributed by atoms with Gasteiger partial charge < -0.3 is 14.4 Å². The van der Waals surface area contributed by atoms with Gasteiger partial charge in [-0.05, 0) is 48.9 Å². The van der Waals surface area contributed by atoms with Gasteiger partial charge in [0, 0.05) is 31.7 Å². The molecule has 2 atom stereocenters. The minimum Gasteiger partial charge on any atom is -0.496 e. The van der Waals surface area contributed by atoms with Crippen molar-refractivity contribution in [1.82, 2.24) is 20.1 Å². The molecule has 7 nitrogen and oxygen atoms in total. The minimum atomic E-state index is -0.0712. The van der Waals surface area contributed by atoms with Crippen LogP contribution in [0.5, 0.6) is 5.75 Å². The molecular weight excluding hydrogens is 332 g/mol. The lowest BCUT2D eigenvalue weighted by Gasteiger charge is -2.24. The average molecular weight is 356 g/mol. The van der Waals surface area contributed by atoms with Crippen molar-refractivity contribution in [1.29, 1.82) is 0 Å². The Morgan fingerprint density at radius 2 is 2.23 bits per heavy atom. The number of benzene rings is 1. The standard InChI is InChI=1S/C19H24N4O3/c1-23(10-17-14(7-8-26-17)18-20-11-21-22-18)19(24)13-5-6-16(25-2)15(9-13)12-3-4-12/h5-6,9,11-12,14,17H,3-4,7-8,10H2,1-2H3,(H,20,21,22)/t14-,17-/m1/s1. The van der Waals surface area contributed by atoms with Crippen LogP contribution in [0.25, 0.3) is 0 Å². The first-order valence-corrected chi connectivity index (χ1v) is 9.07. The average Bonchev–Trinajstić information content (AvgIpc) is 3.16. The molecule has 138 valence electrons. The summed E-state index contributed by atoms with van der Waals surface area (Å²) in [7, 11) is 3.50. The second kappa shape index (κ2) is 7.07. The summed E-state index contributed by atoms with van der Waals surface area (Å²) in [5.41, 5.74) is 1.84. The molecule has 0 unspecified atom stereocenters. The topological polar surface area (TPSA) is 80.3 Å². The number of methoxy groups -OCH3 is 1. The zero-order valence-electron chi connectivity index (χ0n) is 15.1. The van der Waals surface area contributed by atoms with Gasteiger partial charge in [-0.3, -0.25) is 9.89 Å². The van der Waals surface area contributed by atoms with E-state index in [1.807, 2.05) is 25.2 Å². The number of aromatic amines is 1. The second-order valence-corrected chi connectivity index (χ2v) is 7.09. The molecule has 1 aliphatic carbocycles. The number of amides is 1. The van der Waals surface area contributed by atoms with Crippen molar-refractivity contribution >= 4 is 5.91 Å². The summed E-state index contributed by atoms with van der Waals surface area (Å²) in [6, 6.07) is 5.73. The van der Waals surface area contributed by atoms with E-state index in [2.05, 4.69) is 15.2 Å². The number of likely N-dealkylation sites (N-methyl/N-ethyl adjacent to an activating group) is 1. The molecule has 2 heterocycles. The first kappa shape index (κ1) is 17.0. The van der Waals surface area contributed by atoms with Crippen LogP contribution in [0.15, 0.2) is 24.5 Å². The van der Waals surface area contributed by atoms with Crippen LogP contribution in [0.3, 0.4) is 0 Å². The van der Waals surface area contributed by atoms with Gasteiger partial charge in [0.15, 0.2) is 0 Å². The van der Waals surface area contributed by atoms with Gasteiger partial charge in [-0.1, -0.05) is 0 Å². The normalized spacial score (nSPS) is 22.4. The van der Waals surface area contributed by atoms with Crippen LogP contribution in [-0.4, -0.2) is 59.4 Å². The fourth-order valence-electron chi connectivity index (χ4n) is 3.69. The molecule has 2 aliphatic rings. The zero-order valence-corrected chi connectivity index (χ0v) is 15.1. The van der Waals surface area contributed by atoms with E-state index in [0.717, 1.165) is 23.6 Å². The fourth-order valence-corrected chi connectivity index (χ4v) is 3.69. The van der Waals surface area contributed by atoms with E-state index in [4.69, 9.17) is 9.47 Å². The number of hydrogen-bond donors (Lipinski definition) is 1. The highest BCUT2D eigenvalue weighted by molar-refractivity contribution is 5.94. The van der Waals surface area contributed by atoms with Gasteiger partial charge >= 0.3 is 0 Å². The third-order valence-corrected chi connectivity index (χ3v) is 5.29. The Balaban J connectivity index is 1.47. The van der Waals surface area contributed by atoms with Crippen molar-refractivity contribution in [3.05, 3.63) is 41.5 Å².